The fourth-order valence-electron chi connectivity index (χ4n) is 1.96. The van der Waals surface area contributed by atoms with Gasteiger partial charge in [0.2, 0.25) is 0 Å². The highest BCUT2D eigenvalue weighted by molar-refractivity contribution is 7.86. The van der Waals surface area contributed by atoms with E-state index in [-0.39, 0.29) is 6.42 Å². The van der Waals surface area contributed by atoms with Gasteiger partial charge in [-0.25, -0.2) is 5.01 Å². The van der Waals surface area contributed by atoms with Crippen molar-refractivity contribution in [2.24, 2.45) is 5.22 Å². The molecule has 0 aliphatic heterocycles. The van der Waals surface area contributed by atoms with Gasteiger partial charge in [-0.1, -0.05) is 17.4 Å². The molecular formula is C10H12N4O3S. The molecule has 8 heteroatoms. The highest BCUT2D eigenvalue weighted by atomic mass is 32.2. The number of allylic oxidation sites excluding steroid dienone is 1. The summed E-state index contributed by atoms with van der Waals surface area (Å²) < 4.78 is 31.9. The van der Waals surface area contributed by atoms with E-state index in [0.29, 0.717) is 17.0 Å². The van der Waals surface area contributed by atoms with Gasteiger partial charge in [0.1, 0.15) is 5.25 Å². The minimum Gasteiger partial charge on any atom is -0.285 e. The third-order valence-corrected chi connectivity index (χ3v) is 3.98. The lowest BCUT2D eigenvalue weighted by molar-refractivity contribution is 0.451. The molecule has 1 unspecified atom stereocenters. The van der Waals surface area contributed by atoms with Crippen LogP contribution in [0.15, 0.2) is 29.6 Å². The Hall–Kier alpha value is -1.80. The summed E-state index contributed by atoms with van der Waals surface area (Å²) in [6.45, 7) is 0. The van der Waals surface area contributed by atoms with Crippen molar-refractivity contribution in [3.8, 4) is 0 Å². The van der Waals surface area contributed by atoms with Gasteiger partial charge in [0.05, 0.1) is 11.4 Å². The lowest BCUT2D eigenvalue weighted by atomic mass is 9.99. The zero-order chi connectivity index (χ0) is 13.3. The lowest BCUT2D eigenvalue weighted by Gasteiger charge is -2.25. The molecule has 0 spiro atoms. The molecule has 96 valence electrons. The highest BCUT2D eigenvalue weighted by Crippen LogP contribution is 2.36. The van der Waals surface area contributed by atoms with Gasteiger partial charge in [0, 0.05) is 18.8 Å². The molecule has 1 aliphatic rings. The van der Waals surface area contributed by atoms with Crippen LogP contribution in [0.4, 0.5) is 0 Å². The molecule has 1 aliphatic carbocycles. The molecule has 1 atom stereocenters. The zero-order valence-electron chi connectivity index (χ0n) is 9.61. The van der Waals surface area contributed by atoms with Crippen molar-refractivity contribution in [2.45, 2.75) is 11.7 Å². The Bertz CT molecular complexity index is 611. The van der Waals surface area contributed by atoms with Crippen molar-refractivity contribution in [1.29, 1.82) is 5.53 Å². The second-order valence-electron chi connectivity index (χ2n) is 3.89. The predicted molar refractivity (Wildman–Crippen MR) is 64.0 cm³/mol. The number of rotatable bonds is 3. The highest BCUT2D eigenvalue weighted by Gasteiger charge is 2.32. The number of aromatic nitrogens is 1. The molecule has 18 heavy (non-hydrogen) atoms. The van der Waals surface area contributed by atoms with Gasteiger partial charge in [0.15, 0.2) is 0 Å². The van der Waals surface area contributed by atoms with E-state index in [1.54, 1.807) is 25.3 Å². The minimum atomic E-state index is -4.18. The maximum Gasteiger partial charge on any atom is 0.272 e. The van der Waals surface area contributed by atoms with E-state index in [2.05, 4.69) is 10.2 Å². The Kier molecular flexibility index (Phi) is 3.14. The minimum absolute atomic E-state index is 0.132. The van der Waals surface area contributed by atoms with Gasteiger partial charge in [-0.3, -0.25) is 9.54 Å². The Morgan fingerprint density at radius 2 is 2.33 bits per heavy atom. The average Bonchev–Trinajstić information content (AvgIpc) is 2.35. The number of nitrogens with zero attached hydrogens (tertiary/aromatic N) is 3. The first-order valence-electron chi connectivity index (χ1n) is 5.18. The van der Waals surface area contributed by atoms with E-state index in [0.717, 1.165) is 0 Å². The van der Waals surface area contributed by atoms with Gasteiger partial charge in [-0.2, -0.15) is 13.9 Å². The summed E-state index contributed by atoms with van der Waals surface area (Å²) in [5.74, 6) is 0. The second kappa shape index (κ2) is 4.46. The Balaban J connectivity index is 2.57. The average molecular weight is 268 g/mol. The number of fused-ring (bicyclic) bond motifs is 1. The van der Waals surface area contributed by atoms with E-state index in [1.165, 1.54) is 11.2 Å². The molecule has 7 nitrogen and oxygen atoms in total. The molecule has 0 amide bonds. The molecule has 1 aromatic heterocycles. The van der Waals surface area contributed by atoms with Crippen LogP contribution in [0.3, 0.4) is 0 Å². The summed E-state index contributed by atoms with van der Waals surface area (Å²) in [6.07, 6.45) is 3.26. The lowest BCUT2D eigenvalue weighted by Crippen LogP contribution is -2.21. The molecule has 2 rings (SSSR count). The van der Waals surface area contributed by atoms with Crippen LogP contribution in [0.1, 0.15) is 22.9 Å². The number of pyridine rings is 1. The van der Waals surface area contributed by atoms with Crippen LogP contribution in [0, 0.1) is 5.53 Å². The van der Waals surface area contributed by atoms with Gasteiger partial charge in [0.25, 0.3) is 10.1 Å². The summed E-state index contributed by atoms with van der Waals surface area (Å²) in [7, 11) is -2.60. The zero-order valence-corrected chi connectivity index (χ0v) is 10.4. The molecule has 1 heterocycles. The number of hydrogen-bond acceptors (Lipinski definition) is 5. The van der Waals surface area contributed by atoms with Crippen LogP contribution in [-0.4, -0.2) is 30.0 Å². The summed E-state index contributed by atoms with van der Waals surface area (Å²) >= 11 is 0. The maximum atomic E-state index is 11.3. The first-order chi connectivity index (χ1) is 8.45. The fraction of sp³-hybridized carbons (Fsp3) is 0.300. The largest absolute Gasteiger partial charge is 0.285 e. The van der Waals surface area contributed by atoms with Gasteiger partial charge >= 0.3 is 0 Å². The summed E-state index contributed by atoms with van der Waals surface area (Å²) in [5.41, 5.74) is 8.38. The maximum absolute atomic E-state index is 11.3. The van der Waals surface area contributed by atoms with Crippen molar-refractivity contribution in [1.82, 2.24) is 9.99 Å². The van der Waals surface area contributed by atoms with Crippen LogP contribution in [0.25, 0.3) is 5.70 Å². The summed E-state index contributed by atoms with van der Waals surface area (Å²) in [4.78, 5) is 4.10. The van der Waals surface area contributed by atoms with E-state index < -0.39 is 15.4 Å². The van der Waals surface area contributed by atoms with E-state index >= 15 is 0 Å². The van der Waals surface area contributed by atoms with Crippen LogP contribution >= 0.6 is 0 Å². The van der Waals surface area contributed by atoms with E-state index in [4.69, 9.17) is 5.53 Å². The topological polar surface area (TPSA) is 107 Å². The summed E-state index contributed by atoms with van der Waals surface area (Å²) in [5, 5.41) is 3.55. The molecule has 0 saturated carbocycles. The molecule has 0 fully saturated rings. The van der Waals surface area contributed by atoms with Crippen LogP contribution < -0.4 is 0 Å². The normalized spacial score (nSPS) is 18.8. The number of nitrogens with one attached hydrogen (secondary N) is 1. The van der Waals surface area contributed by atoms with Crippen LogP contribution in [0.5, 0.6) is 0 Å². The monoisotopic (exact) mass is 268 g/mol. The first kappa shape index (κ1) is 12.7. The Morgan fingerprint density at radius 1 is 1.61 bits per heavy atom. The van der Waals surface area contributed by atoms with Crippen molar-refractivity contribution < 1.29 is 13.0 Å². The second-order valence-corrected chi connectivity index (χ2v) is 5.49. The van der Waals surface area contributed by atoms with E-state index in [9.17, 15) is 13.0 Å². The molecule has 0 aromatic carbocycles. The molecule has 0 saturated heterocycles. The SMILES string of the molecule is CN(N=N)C1=CCC(S(=O)(=O)O)c2cccnc21. The number of hydrogen-bond donors (Lipinski definition) is 2. The third-order valence-electron chi connectivity index (χ3n) is 2.81. The van der Waals surface area contributed by atoms with Gasteiger partial charge in [-0.15, -0.1) is 0 Å². The first-order valence-corrected chi connectivity index (χ1v) is 6.68. The smallest absolute Gasteiger partial charge is 0.272 e. The molecule has 0 bridgehead atoms. The van der Waals surface area contributed by atoms with Crippen LogP contribution in [0.2, 0.25) is 0 Å². The van der Waals surface area contributed by atoms with Crippen molar-refractivity contribution in [2.75, 3.05) is 7.05 Å². The Labute approximate surface area is 104 Å². The fourth-order valence-corrected chi connectivity index (χ4v) is 2.81. The van der Waals surface area contributed by atoms with Gasteiger partial charge in [-0.05, 0) is 12.5 Å². The van der Waals surface area contributed by atoms with Gasteiger partial charge < -0.3 is 0 Å². The van der Waals surface area contributed by atoms with Crippen molar-refractivity contribution in [3.05, 3.63) is 35.7 Å². The molecule has 2 N–H and O–H groups in total. The molecule has 0 radical (unpaired) electrons. The third kappa shape index (κ3) is 2.12. The molecular weight excluding hydrogens is 256 g/mol. The Morgan fingerprint density at radius 3 is 2.94 bits per heavy atom. The quantitative estimate of drug-likeness (QED) is 0.492. The summed E-state index contributed by atoms with van der Waals surface area (Å²) in [6, 6.07) is 3.21. The van der Waals surface area contributed by atoms with Crippen molar-refractivity contribution in [3.63, 3.8) is 0 Å². The van der Waals surface area contributed by atoms with Crippen molar-refractivity contribution >= 4 is 15.8 Å². The predicted octanol–water partition coefficient (Wildman–Crippen LogP) is 1.63. The standard InChI is InChI=1S/C10H12N4O3S/c1-14(13-11)8-4-5-9(18(15,16)17)7-3-2-6-12-10(7)8/h2-4,6,9,11H,5H2,1H3,(H,15,16,17). The van der Waals surface area contributed by atoms with E-state index in [1.807, 2.05) is 0 Å². The van der Waals surface area contributed by atoms with Crippen LogP contribution in [-0.2, 0) is 10.1 Å². The molecule has 1 aromatic rings.